The smallest absolute Gasteiger partial charge is 0.275 e. The van der Waals surface area contributed by atoms with Crippen molar-refractivity contribution in [1.82, 2.24) is 20.4 Å². The quantitative estimate of drug-likeness (QED) is 0.712. The minimum atomic E-state index is -0.644. The molecular weight excluding hydrogens is 363 g/mol. The van der Waals surface area contributed by atoms with Crippen molar-refractivity contribution in [3.8, 4) is 5.69 Å². The van der Waals surface area contributed by atoms with E-state index in [-0.39, 0.29) is 36.3 Å². The summed E-state index contributed by atoms with van der Waals surface area (Å²) in [5.74, 6) is -1.27. The Morgan fingerprint density at radius 3 is 2.81 bits per heavy atom. The van der Waals surface area contributed by atoms with Crippen molar-refractivity contribution >= 4 is 18.3 Å². The zero-order valence-corrected chi connectivity index (χ0v) is 14.9. The monoisotopic (exact) mass is 382 g/mol. The lowest BCUT2D eigenvalue weighted by molar-refractivity contribution is 0.0919. The molecule has 1 aliphatic heterocycles. The number of aromatic nitrogens is 2. The predicted molar refractivity (Wildman–Crippen MR) is 96.5 cm³/mol. The van der Waals surface area contributed by atoms with Gasteiger partial charge in [0.25, 0.3) is 5.91 Å². The number of benzene rings is 1. The molecular formula is C17H20ClFN4O3. The van der Waals surface area contributed by atoms with Crippen LogP contribution in [0.4, 0.5) is 4.39 Å². The summed E-state index contributed by atoms with van der Waals surface area (Å²) in [4.78, 5) is 24.4. The average Bonchev–Trinajstić information content (AvgIpc) is 2.99. The molecule has 0 spiro atoms. The molecule has 1 fully saturated rings. The molecule has 0 saturated carbocycles. The zero-order valence-electron chi connectivity index (χ0n) is 14.1. The van der Waals surface area contributed by atoms with Crippen molar-refractivity contribution in [1.29, 1.82) is 0 Å². The van der Waals surface area contributed by atoms with Gasteiger partial charge in [-0.2, -0.15) is 5.10 Å². The number of aryl methyl sites for hydroxylation is 1. The molecule has 2 unspecified atom stereocenters. The van der Waals surface area contributed by atoms with E-state index in [2.05, 4.69) is 15.7 Å². The molecule has 1 aromatic carbocycles. The number of carbonyl (C=O) groups is 1. The highest BCUT2D eigenvalue weighted by Crippen LogP contribution is 2.13. The van der Waals surface area contributed by atoms with Gasteiger partial charge in [0.2, 0.25) is 5.43 Å². The first kappa shape index (κ1) is 20.0. The number of para-hydroxylation sites is 1. The molecule has 7 nitrogen and oxygen atoms in total. The van der Waals surface area contributed by atoms with Crippen LogP contribution in [-0.4, -0.2) is 46.5 Å². The molecule has 1 amide bonds. The normalized spacial score (nSPS) is 19.0. The standard InChI is InChI=1S/C17H19FN4O3.ClH/c1-10-6-14(23)16(17(25)20-8-11-7-19-9-15(11)24)21-22(10)13-5-3-2-4-12(13)18;/h2-6,11,15,19,24H,7-9H2,1H3,(H,20,25);1H. The minimum absolute atomic E-state index is 0. The molecule has 2 atom stereocenters. The number of nitrogens with one attached hydrogen (secondary N) is 2. The third-order valence-electron chi connectivity index (χ3n) is 4.23. The number of β-amino-alcohol motifs (C(OH)–C–C–N with tert-alkyl or cyclic N) is 1. The number of hydrogen-bond acceptors (Lipinski definition) is 5. The molecule has 0 aliphatic carbocycles. The maximum atomic E-state index is 14.0. The Labute approximate surface area is 155 Å². The number of rotatable bonds is 4. The summed E-state index contributed by atoms with van der Waals surface area (Å²) < 4.78 is 15.2. The lowest BCUT2D eigenvalue weighted by Gasteiger charge is -2.15. The van der Waals surface area contributed by atoms with Gasteiger partial charge in [0.1, 0.15) is 11.5 Å². The second kappa shape index (κ2) is 8.39. The van der Waals surface area contributed by atoms with E-state index in [0.29, 0.717) is 18.8 Å². The Morgan fingerprint density at radius 2 is 2.15 bits per heavy atom. The van der Waals surface area contributed by atoms with Gasteiger partial charge < -0.3 is 15.7 Å². The van der Waals surface area contributed by atoms with Crippen LogP contribution in [0.2, 0.25) is 0 Å². The van der Waals surface area contributed by atoms with Gasteiger partial charge in [-0.05, 0) is 19.1 Å². The number of aliphatic hydroxyl groups is 1. The molecule has 9 heteroatoms. The highest BCUT2D eigenvalue weighted by molar-refractivity contribution is 5.92. The largest absolute Gasteiger partial charge is 0.391 e. The summed E-state index contributed by atoms with van der Waals surface area (Å²) >= 11 is 0. The van der Waals surface area contributed by atoms with Gasteiger partial charge in [0.15, 0.2) is 5.69 Å². The van der Waals surface area contributed by atoms with Crippen LogP contribution in [0.3, 0.4) is 0 Å². The van der Waals surface area contributed by atoms with E-state index in [1.54, 1.807) is 19.1 Å². The van der Waals surface area contributed by atoms with Gasteiger partial charge >= 0.3 is 0 Å². The minimum Gasteiger partial charge on any atom is -0.391 e. The highest BCUT2D eigenvalue weighted by atomic mass is 35.5. The maximum Gasteiger partial charge on any atom is 0.275 e. The topological polar surface area (TPSA) is 96.2 Å². The summed E-state index contributed by atoms with van der Waals surface area (Å²) in [7, 11) is 0. The number of carbonyl (C=O) groups excluding carboxylic acids is 1. The van der Waals surface area contributed by atoms with Gasteiger partial charge in [-0.15, -0.1) is 12.4 Å². The van der Waals surface area contributed by atoms with Crippen LogP contribution in [0.25, 0.3) is 5.69 Å². The van der Waals surface area contributed by atoms with E-state index in [0.717, 1.165) is 0 Å². The Balaban J connectivity index is 0.00000243. The molecule has 0 bridgehead atoms. The van der Waals surface area contributed by atoms with E-state index in [1.807, 2.05) is 0 Å². The summed E-state index contributed by atoms with van der Waals surface area (Å²) in [5, 5.41) is 19.4. The van der Waals surface area contributed by atoms with Crippen LogP contribution >= 0.6 is 12.4 Å². The Morgan fingerprint density at radius 1 is 1.42 bits per heavy atom. The first-order chi connectivity index (χ1) is 12.0. The molecule has 1 saturated heterocycles. The fraction of sp³-hybridized carbons (Fsp3) is 0.353. The summed E-state index contributed by atoms with van der Waals surface area (Å²) in [6.45, 7) is 2.90. The van der Waals surface area contributed by atoms with Gasteiger partial charge in [0.05, 0.1) is 6.10 Å². The van der Waals surface area contributed by atoms with Crippen molar-refractivity contribution < 1.29 is 14.3 Å². The summed E-state index contributed by atoms with van der Waals surface area (Å²) in [6, 6.07) is 7.24. The first-order valence-corrected chi connectivity index (χ1v) is 8.00. The van der Waals surface area contributed by atoms with E-state index >= 15 is 0 Å². The van der Waals surface area contributed by atoms with Gasteiger partial charge in [-0.1, -0.05) is 12.1 Å². The van der Waals surface area contributed by atoms with Crippen LogP contribution in [0.5, 0.6) is 0 Å². The number of halogens is 2. The molecule has 1 aliphatic rings. The second-order valence-corrected chi connectivity index (χ2v) is 6.06. The van der Waals surface area contributed by atoms with Crippen molar-refractivity contribution in [3.63, 3.8) is 0 Å². The Kier molecular flexibility index (Phi) is 6.47. The Hall–Kier alpha value is -2.29. The van der Waals surface area contributed by atoms with Crippen LogP contribution in [0.1, 0.15) is 16.2 Å². The SMILES string of the molecule is Cc1cc(=O)c(C(=O)NCC2CNCC2O)nn1-c1ccccc1F.Cl. The third-order valence-corrected chi connectivity index (χ3v) is 4.23. The molecule has 2 heterocycles. The highest BCUT2D eigenvalue weighted by Gasteiger charge is 2.26. The van der Waals surface area contributed by atoms with Gasteiger partial charge in [0, 0.05) is 37.3 Å². The van der Waals surface area contributed by atoms with Crippen LogP contribution in [-0.2, 0) is 0 Å². The van der Waals surface area contributed by atoms with Crippen molar-refractivity contribution in [3.05, 3.63) is 57.8 Å². The molecule has 140 valence electrons. The molecule has 3 rings (SSSR count). The number of nitrogens with zero attached hydrogens (tertiary/aromatic N) is 2. The van der Waals surface area contributed by atoms with Crippen molar-refractivity contribution in [2.45, 2.75) is 13.0 Å². The lowest BCUT2D eigenvalue weighted by Crippen LogP contribution is -2.37. The first-order valence-electron chi connectivity index (χ1n) is 8.00. The van der Waals surface area contributed by atoms with Crippen molar-refractivity contribution in [2.24, 2.45) is 5.92 Å². The molecule has 0 radical (unpaired) electrons. The second-order valence-electron chi connectivity index (χ2n) is 6.06. The number of amides is 1. The molecule has 26 heavy (non-hydrogen) atoms. The number of hydrogen-bond donors (Lipinski definition) is 3. The average molecular weight is 383 g/mol. The predicted octanol–water partition coefficient (Wildman–Crippen LogP) is 0.412. The number of aliphatic hydroxyl groups excluding tert-OH is 1. The van der Waals surface area contributed by atoms with Crippen molar-refractivity contribution in [2.75, 3.05) is 19.6 Å². The van der Waals surface area contributed by atoms with Crippen LogP contribution in [0, 0.1) is 18.7 Å². The van der Waals surface area contributed by atoms with E-state index in [1.165, 1.54) is 22.9 Å². The zero-order chi connectivity index (χ0) is 18.0. The van der Waals surface area contributed by atoms with Crippen LogP contribution < -0.4 is 16.1 Å². The lowest BCUT2D eigenvalue weighted by atomic mass is 10.1. The molecule has 1 aromatic heterocycles. The van der Waals surface area contributed by atoms with E-state index in [9.17, 15) is 19.1 Å². The maximum absolute atomic E-state index is 14.0. The third kappa shape index (κ3) is 4.09. The fourth-order valence-electron chi connectivity index (χ4n) is 2.81. The summed E-state index contributed by atoms with van der Waals surface area (Å²) in [6.07, 6.45) is -0.540. The van der Waals surface area contributed by atoms with E-state index in [4.69, 9.17) is 0 Å². The fourth-order valence-corrected chi connectivity index (χ4v) is 2.81. The molecule has 3 N–H and O–H groups in total. The van der Waals surface area contributed by atoms with E-state index < -0.39 is 23.3 Å². The van der Waals surface area contributed by atoms with Gasteiger partial charge in [-0.3, -0.25) is 9.59 Å². The summed E-state index contributed by atoms with van der Waals surface area (Å²) in [5.41, 5.74) is -0.270. The Bertz CT molecular complexity index is 858. The van der Waals surface area contributed by atoms with Gasteiger partial charge in [-0.25, -0.2) is 9.07 Å². The molecule has 2 aromatic rings. The van der Waals surface area contributed by atoms with Crippen LogP contribution in [0.15, 0.2) is 35.1 Å².